The second-order valence-corrected chi connectivity index (χ2v) is 3.48. The zero-order valence-electron chi connectivity index (χ0n) is 8.32. The summed E-state index contributed by atoms with van der Waals surface area (Å²) in [5.41, 5.74) is 0. The third kappa shape index (κ3) is 2.45. The first kappa shape index (κ1) is 9.45. The van der Waals surface area contributed by atoms with Crippen LogP contribution < -0.4 is 5.32 Å². The first-order valence-electron chi connectivity index (χ1n) is 5.00. The maximum atomic E-state index is 5.49. The first-order valence-corrected chi connectivity index (χ1v) is 5.00. The summed E-state index contributed by atoms with van der Waals surface area (Å²) in [5.74, 6) is 0.588. The Labute approximate surface area is 82.8 Å². The molecule has 1 unspecified atom stereocenters. The van der Waals surface area contributed by atoms with Gasteiger partial charge in [0.15, 0.2) is 0 Å². The van der Waals surface area contributed by atoms with Gasteiger partial charge in [0.1, 0.15) is 0 Å². The molecule has 2 rings (SSSR count). The lowest BCUT2D eigenvalue weighted by Gasteiger charge is -2.08. The summed E-state index contributed by atoms with van der Waals surface area (Å²) in [7, 11) is 0. The lowest BCUT2D eigenvalue weighted by Crippen LogP contribution is -2.12. The fourth-order valence-electron chi connectivity index (χ4n) is 1.58. The van der Waals surface area contributed by atoms with Crippen LogP contribution in [0.15, 0.2) is 4.42 Å². The third-order valence-electron chi connectivity index (χ3n) is 2.29. The minimum absolute atomic E-state index is 0.409. The van der Waals surface area contributed by atoms with Crippen molar-refractivity contribution < 1.29 is 9.15 Å². The molecule has 1 aromatic rings. The summed E-state index contributed by atoms with van der Waals surface area (Å²) in [4.78, 5) is 0. The molecule has 14 heavy (non-hydrogen) atoms. The van der Waals surface area contributed by atoms with Crippen molar-refractivity contribution in [2.24, 2.45) is 0 Å². The van der Waals surface area contributed by atoms with Crippen LogP contribution in [-0.2, 0) is 4.74 Å². The minimum Gasteiger partial charge on any atom is -0.408 e. The van der Waals surface area contributed by atoms with E-state index in [9.17, 15) is 0 Å². The molecule has 1 fully saturated rings. The van der Waals surface area contributed by atoms with Crippen LogP contribution in [0.1, 0.15) is 25.2 Å². The van der Waals surface area contributed by atoms with E-state index in [0.29, 0.717) is 18.0 Å². The number of hydrogen-bond donors (Lipinski definition) is 1. The third-order valence-corrected chi connectivity index (χ3v) is 2.29. The second kappa shape index (κ2) is 4.41. The quantitative estimate of drug-likeness (QED) is 0.789. The summed E-state index contributed by atoms with van der Waals surface area (Å²) >= 11 is 0. The van der Waals surface area contributed by atoms with E-state index in [4.69, 9.17) is 9.15 Å². The molecule has 0 aliphatic carbocycles. The number of rotatable bonds is 4. The van der Waals surface area contributed by atoms with Crippen molar-refractivity contribution in [3.63, 3.8) is 0 Å². The van der Waals surface area contributed by atoms with Gasteiger partial charge < -0.3 is 14.5 Å². The zero-order valence-corrected chi connectivity index (χ0v) is 8.32. The van der Waals surface area contributed by atoms with Crippen LogP contribution in [0.3, 0.4) is 0 Å². The van der Waals surface area contributed by atoms with Gasteiger partial charge >= 0.3 is 6.01 Å². The van der Waals surface area contributed by atoms with Gasteiger partial charge in [-0.3, -0.25) is 0 Å². The highest BCUT2D eigenvalue weighted by molar-refractivity contribution is 5.16. The summed E-state index contributed by atoms with van der Waals surface area (Å²) in [6.07, 6.45) is 3.77. The molecular weight excluding hydrogens is 182 g/mol. The molecule has 1 atom stereocenters. The lowest BCUT2D eigenvalue weighted by atomic mass is 10.2. The van der Waals surface area contributed by atoms with E-state index in [2.05, 4.69) is 15.5 Å². The first-order chi connectivity index (χ1) is 6.84. The molecule has 0 amide bonds. The second-order valence-electron chi connectivity index (χ2n) is 3.48. The van der Waals surface area contributed by atoms with Crippen molar-refractivity contribution in [3.05, 3.63) is 5.89 Å². The Morgan fingerprint density at radius 1 is 1.50 bits per heavy atom. The molecular formula is C9H15N3O2. The number of nitrogens with one attached hydrogen (secondary N) is 1. The molecule has 1 aromatic heterocycles. The molecule has 1 saturated heterocycles. The van der Waals surface area contributed by atoms with Gasteiger partial charge in [-0.2, -0.15) is 0 Å². The fraction of sp³-hybridized carbons (Fsp3) is 0.778. The highest BCUT2D eigenvalue weighted by atomic mass is 16.5. The number of ether oxygens (including phenoxy) is 1. The number of nitrogens with zero attached hydrogens (tertiary/aromatic N) is 2. The Hall–Kier alpha value is -1.10. The van der Waals surface area contributed by atoms with E-state index in [1.54, 1.807) is 6.92 Å². The molecule has 1 aliphatic rings. The smallest absolute Gasteiger partial charge is 0.315 e. The van der Waals surface area contributed by atoms with Crippen molar-refractivity contribution in [2.75, 3.05) is 18.5 Å². The molecule has 0 aromatic carbocycles. The van der Waals surface area contributed by atoms with Gasteiger partial charge in [-0.25, -0.2) is 0 Å². The number of aromatic nitrogens is 2. The maximum Gasteiger partial charge on any atom is 0.315 e. The predicted octanol–water partition coefficient (Wildman–Crippen LogP) is 1.36. The molecule has 78 valence electrons. The van der Waals surface area contributed by atoms with Gasteiger partial charge in [-0.1, -0.05) is 5.10 Å². The Kier molecular flexibility index (Phi) is 2.98. The van der Waals surface area contributed by atoms with Crippen molar-refractivity contribution >= 4 is 6.01 Å². The van der Waals surface area contributed by atoms with Crippen LogP contribution in [0.2, 0.25) is 0 Å². The standard InChI is InChI=1S/C9H15N3O2/c1-7-11-12-9(14-7)10-5-4-8-3-2-6-13-8/h8H,2-6H2,1H3,(H,10,12). The molecule has 5 nitrogen and oxygen atoms in total. The molecule has 0 radical (unpaired) electrons. The van der Waals surface area contributed by atoms with E-state index in [1.807, 2.05) is 0 Å². The van der Waals surface area contributed by atoms with Crippen LogP contribution in [0.25, 0.3) is 0 Å². The molecule has 1 aliphatic heterocycles. The van der Waals surface area contributed by atoms with Gasteiger partial charge in [0.25, 0.3) is 0 Å². The summed E-state index contributed by atoms with van der Waals surface area (Å²) < 4.78 is 10.7. The topological polar surface area (TPSA) is 60.2 Å². The van der Waals surface area contributed by atoms with E-state index < -0.39 is 0 Å². The normalized spacial score (nSPS) is 21.4. The molecule has 0 spiro atoms. The maximum absolute atomic E-state index is 5.49. The summed E-state index contributed by atoms with van der Waals surface area (Å²) in [5, 5.41) is 10.6. The van der Waals surface area contributed by atoms with Crippen molar-refractivity contribution in [3.8, 4) is 0 Å². The molecule has 0 bridgehead atoms. The molecule has 5 heteroatoms. The van der Waals surface area contributed by atoms with Crippen LogP contribution >= 0.6 is 0 Å². The van der Waals surface area contributed by atoms with Crippen molar-refractivity contribution in [1.82, 2.24) is 10.2 Å². The van der Waals surface area contributed by atoms with Gasteiger partial charge in [-0.05, 0) is 19.3 Å². The largest absolute Gasteiger partial charge is 0.408 e. The van der Waals surface area contributed by atoms with E-state index >= 15 is 0 Å². The highest BCUT2D eigenvalue weighted by Gasteiger charge is 2.14. The average molecular weight is 197 g/mol. The Morgan fingerprint density at radius 2 is 2.43 bits per heavy atom. The summed E-state index contributed by atoms with van der Waals surface area (Å²) in [6.45, 7) is 3.51. The fourth-order valence-corrected chi connectivity index (χ4v) is 1.58. The zero-order chi connectivity index (χ0) is 9.80. The van der Waals surface area contributed by atoms with Crippen LogP contribution in [0.4, 0.5) is 6.01 Å². The van der Waals surface area contributed by atoms with Gasteiger partial charge in [-0.15, -0.1) is 5.10 Å². The van der Waals surface area contributed by atoms with Gasteiger partial charge in [0, 0.05) is 20.1 Å². The monoisotopic (exact) mass is 197 g/mol. The lowest BCUT2D eigenvalue weighted by molar-refractivity contribution is 0.107. The van der Waals surface area contributed by atoms with Crippen LogP contribution in [0.5, 0.6) is 0 Å². The average Bonchev–Trinajstić information content (AvgIpc) is 2.77. The predicted molar refractivity (Wildman–Crippen MR) is 51.1 cm³/mol. The van der Waals surface area contributed by atoms with Gasteiger partial charge in [0.05, 0.1) is 6.10 Å². The Morgan fingerprint density at radius 3 is 3.07 bits per heavy atom. The number of aryl methyl sites for hydroxylation is 1. The minimum atomic E-state index is 0.409. The van der Waals surface area contributed by atoms with E-state index in [0.717, 1.165) is 19.6 Å². The number of anilines is 1. The van der Waals surface area contributed by atoms with Gasteiger partial charge in [0.2, 0.25) is 5.89 Å². The molecule has 2 heterocycles. The Balaban J connectivity index is 1.67. The SMILES string of the molecule is Cc1nnc(NCCC2CCCO2)o1. The van der Waals surface area contributed by atoms with E-state index in [-0.39, 0.29) is 0 Å². The number of hydrogen-bond acceptors (Lipinski definition) is 5. The van der Waals surface area contributed by atoms with Crippen molar-refractivity contribution in [2.45, 2.75) is 32.3 Å². The Bertz CT molecular complexity index is 281. The van der Waals surface area contributed by atoms with E-state index in [1.165, 1.54) is 12.8 Å². The highest BCUT2D eigenvalue weighted by Crippen LogP contribution is 2.15. The van der Waals surface area contributed by atoms with Crippen LogP contribution in [-0.4, -0.2) is 29.5 Å². The van der Waals surface area contributed by atoms with Crippen LogP contribution in [0, 0.1) is 6.92 Å². The molecule has 1 N–H and O–H groups in total. The van der Waals surface area contributed by atoms with Crippen molar-refractivity contribution in [1.29, 1.82) is 0 Å². The molecule has 0 saturated carbocycles. The summed E-state index contributed by atoms with van der Waals surface area (Å²) in [6, 6.07) is 0.500.